The van der Waals surface area contributed by atoms with Gasteiger partial charge in [0.1, 0.15) is 5.75 Å². The molecular formula is C25H26N2O4S. The molecule has 0 aromatic heterocycles. The van der Waals surface area contributed by atoms with Gasteiger partial charge in [0.2, 0.25) is 10.0 Å². The van der Waals surface area contributed by atoms with Crippen LogP contribution in [0.2, 0.25) is 0 Å². The quantitative estimate of drug-likeness (QED) is 0.598. The molecule has 7 heteroatoms. The van der Waals surface area contributed by atoms with E-state index in [1.54, 1.807) is 48.5 Å². The van der Waals surface area contributed by atoms with Crippen molar-refractivity contribution in [3.63, 3.8) is 0 Å². The summed E-state index contributed by atoms with van der Waals surface area (Å²) in [6.45, 7) is 4.01. The molecule has 166 valence electrons. The summed E-state index contributed by atoms with van der Waals surface area (Å²) in [4.78, 5) is 13.1. The van der Waals surface area contributed by atoms with Gasteiger partial charge in [0.15, 0.2) is 6.10 Å². The van der Waals surface area contributed by atoms with Crippen molar-refractivity contribution in [2.45, 2.75) is 31.6 Å². The summed E-state index contributed by atoms with van der Waals surface area (Å²) in [5.74, 6) is 0.0506. The van der Waals surface area contributed by atoms with Crippen LogP contribution in [-0.4, -0.2) is 27.0 Å². The van der Waals surface area contributed by atoms with Crippen molar-refractivity contribution in [2.24, 2.45) is 0 Å². The van der Waals surface area contributed by atoms with Gasteiger partial charge in [0, 0.05) is 5.69 Å². The maximum absolute atomic E-state index is 13.3. The molecule has 0 saturated carbocycles. The zero-order chi connectivity index (χ0) is 22.7. The molecular weight excluding hydrogens is 424 g/mol. The fourth-order valence-corrected chi connectivity index (χ4v) is 5.38. The summed E-state index contributed by atoms with van der Waals surface area (Å²) in [6, 6.07) is 23.5. The number of hydrogen-bond donors (Lipinski definition) is 1. The minimum Gasteiger partial charge on any atom is -0.476 e. The van der Waals surface area contributed by atoms with Crippen LogP contribution in [-0.2, 0) is 20.6 Å². The Bertz CT molecular complexity index is 1210. The second-order valence-corrected chi connectivity index (χ2v) is 9.97. The smallest absolute Gasteiger partial charge is 0.267 e. The molecule has 3 aromatic carbocycles. The second kappa shape index (κ2) is 9.04. The number of nitrogens with zero attached hydrogens (tertiary/aromatic N) is 1. The number of para-hydroxylation sites is 3. The number of carbonyl (C=O) groups excluding carboxylic acids is 1. The van der Waals surface area contributed by atoms with E-state index in [0.29, 0.717) is 22.7 Å². The van der Waals surface area contributed by atoms with E-state index >= 15 is 0 Å². The monoisotopic (exact) mass is 450 g/mol. The Labute approximate surface area is 188 Å². The zero-order valence-electron chi connectivity index (χ0n) is 18.1. The topological polar surface area (TPSA) is 75.7 Å². The summed E-state index contributed by atoms with van der Waals surface area (Å²) in [6.07, 6.45) is -0.976. The highest BCUT2D eigenvalue weighted by molar-refractivity contribution is 7.92. The van der Waals surface area contributed by atoms with Crippen molar-refractivity contribution in [2.75, 3.05) is 16.2 Å². The Morgan fingerprint density at radius 3 is 2.41 bits per heavy atom. The predicted molar refractivity (Wildman–Crippen MR) is 126 cm³/mol. The second-order valence-electron chi connectivity index (χ2n) is 8.08. The van der Waals surface area contributed by atoms with Crippen LogP contribution in [0.25, 0.3) is 0 Å². The normalized spacial score (nSPS) is 15.7. The third-order valence-corrected chi connectivity index (χ3v) is 7.11. The number of benzene rings is 3. The van der Waals surface area contributed by atoms with Crippen LogP contribution in [0.3, 0.4) is 0 Å². The standard InChI is InChI=1S/C25H26N2O4S/c1-18(2)20-12-6-7-13-21(20)26-25(28)24-16-27(22-14-8-9-15-23(22)31-24)32(29,30)17-19-10-4-3-5-11-19/h3-15,18,24H,16-17H2,1-2H3,(H,26,28)/t24-/m0/s1. The molecule has 0 aliphatic carbocycles. The van der Waals surface area contributed by atoms with E-state index in [9.17, 15) is 13.2 Å². The van der Waals surface area contributed by atoms with E-state index in [0.717, 1.165) is 5.56 Å². The molecule has 3 aromatic rings. The third kappa shape index (κ3) is 4.62. The highest BCUT2D eigenvalue weighted by atomic mass is 32.2. The van der Waals surface area contributed by atoms with Crippen LogP contribution in [0, 0.1) is 0 Å². The van der Waals surface area contributed by atoms with E-state index < -0.39 is 16.1 Å². The molecule has 1 amide bonds. The maximum Gasteiger partial charge on any atom is 0.267 e. The Morgan fingerprint density at radius 1 is 1.00 bits per heavy atom. The van der Waals surface area contributed by atoms with Gasteiger partial charge in [-0.15, -0.1) is 0 Å². The molecule has 1 heterocycles. The molecule has 1 N–H and O–H groups in total. The Hall–Kier alpha value is -3.32. The zero-order valence-corrected chi connectivity index (χ0v) is 18.9. The summed E-state index contributed by atoms with van der Waals surface area (Å²) in [5, 5.41) is 2.93. The first-order valence-electron chi connectivity index (χ1n) is 10.5. The number of sulfonamides is 1. The number of nitrogens with one attached hydrogen (secondary N) is 1. The highest BCUT2D eigenvalue weighted by Crippen LogP contribution is 2.36. The van der Waals surface area contributed by atoms with E-state index in [1.807, 2.05) is 30.3 Å². The van der Waals surface area contributed by atoms with Crippen LogP contribution in [0.1, 0.15) is 30.9 Å². The summed E-state index contributed by atoms with van der Waals surface area (Å²) in [5.41, 5.74) is 2.83. The van der Waals surface area contributed by atoms with Crippen LogP contribution >= 0.6 is 0 Å². The van der Waals surface area contributed by atoms with Gasteiger partial charge in [0.05, 0.1) is 18.0 Å². The van der Waals surface area contributed by atoms with E-state index in [1.165, 1.54) is 4.31 Å². The molecule has 0 spiro atoms. The van der Waals surface area contributed by atoms with Gasteiger partial charge in [-0.3, -0.25) is 9.10 Å². The summed E-state index contributed by atoms with van der Waals surface area (Å²) >= 11 is 0. The van der Waals surface area contributed by atoms with Crippen molar-refractivity contribution in [3.05, 3.63) is 90.0 Å². The fraction of sp³-hybridized carbons (Fsp3) is 0.240. The lowest BCUT2D eigenvalue weighted by Gasteiger charge is -2.35. The molecule has 1 aliphatic heterocycles. The van der Waals surface area contributed by atoms with Gasteiger partial charge < -0.3 is 10.1 Å². The first-order valence-corrected chi connectivity index (χ1v) is 12.2. The summed E-state index contributed by atoms with van der Waals surface area (Å²) < 4.78 is 33.9. The lowest BCUT2D eigenvalue weighted by atomic mass is 10.0. The van der Waals surface area contributed by atoms with Crippen LogP contribution in [0.5, 0.6) is 5.75 Å². The molecule has 4 rings (SSSR count). The van der Waals surface area contributed by atoms with Crippen molar-refractivity contribution >= 4 is 27.3 Å². The SMILES string of the molecule is CC(C)c1ccccc1NC(=O)[C@@H]1CN(S(=O)(=O)Cc2ccccc2)c2ccccc2O1. The van der Waals surface area contributed by atoms with Crippen LogP contribution < -0.4 is 14.4 Å². The van der Waals surface area contributed by atoms with Gasteiger partial charge in [0.25, 0.3) is 5.91 Å². The molecule has 1 atom stereocenters. The minimum absolute atomic E-state index is 0.0954. The van der Waals surface area contributed by atoms with Gasteiger partial charge in [-0.05, 0) is 35.2 Å². The molecule has 6 nitrogen and oxygen atoms in total. The van der Waals surface area contributed by atoms with Gasteiger partial charge >= 0.3 is 0 Å². The average molecular weight is 451 g/mol. The van der Waals surface area contributed by atoms with Crippen molar-refractivity contribution in [1.82, 2.24) is 0 Å². The number of carbonyl (C=O) groups is 1. The first kappa shape index (κ1) is 21.9. The number of anilines is 2. The van der Waals surface area contributed by atoms with Gasteiger partial charge in [-0.1, -0.05) is 74.5 Å². The van der Waals surface area contributed by atoms with Crippen molar-refractivity contribution in [1.29, 1.82) is 0 Å². The summed E-state index contributed by atoms with van der Waals surface area (Å²) in [7, 11) is -3.74. The number of amides is 1. The van der Waals surface area contributed by atoms with Crippen LogP contribution in [0.15, 0.2) is 78.9 Å². The molecule has 0 unspecified atom stereocenters. The lowest BCUT2D eigenvalue weighted by molar-refractivity contribution is -0.122. The predicted octanol–water partition coefficient (Wildman–Crippen LogP) is 4.55. The van der Waals surface area contributed by atoms with Gasteiger partial charge in [-0.25, -0.2) is 8.42 Å². The average Bonchev–Trinajstić information content (AvgIpc) is 2.79. The number of hydrogen-bond acceptors (Lipinski definition) is 4. The highest BCUT2D eigenvalue weighted by Gasteiger charge is 2.36. The first-order chi connectivity index (χ1) is 15.3. The number of fused-ring (bicyclic) bond motifs is 1. The Kier molecular flexibility index (Phi) is 6.19. The minimum atomic E-state index is -3.74. The molecule has 1 aliphatic rings. The Morgan fingerprint density at radius 2 is 1.66 bits per heavy atom. The largest absolute Gasteiger partial charge is 0.476 e. The van der Waals surface area contributed by atoms with Crippen molar-refractivity contribution < 1.29 is 17.9 Å². The van der Waals surface area contributed by atoms with E-state index in [-0.39, 0.29) is 24.1 Å². The van der Waals surface area contributed by atoms with Gasteiger partial charge in [-0.2, -0.15) is 0 Å². The molecule has 0 saturated heterocycles. The third-order valence-electron chi connectivity index (χ3n) is 5.40. The molecule has 0 fully saturated rings. The van der Waals surface area contributed by atoms with E-state index in [2.05, 4.69) is 19.2 Å². The van der Waals surface area contributed by atoms with E-state index in [4.69, 9.17) is 4.74 Å². The fourth-order valence-electron chi connectivity index (χ4n) is 3.79. The molecule has 32 heavy (non-hydrogen) atoms. The lowest BCUT2D eigenvalue weighted by Crippen LogP contribution is -2.49. The molecule has 0 radical (unpaired) electrons. The Balaban J connectivity index is 1.62. The number of ether oxygens (including phenoxy) is 1. The number of rotatable bonds is 6. The molecule has 0 bridgehead atoms. The van der Waals surface area contributed by atoms with Crippen molar-refractivity contribution in [3.8, 4) is 5.75 Å². The van der Waals surface area contributed by atoms with Crippen LogP contribution in [0.4, 0.5) is 11.4 Å². The maximum atomic E-state index is 13.3.